The molecule has 1 N–H and O–H groups in total. The number of piperazine rings is 1. The number of carbonyl (C=O) groups excluding carboxylic acids is 1. The van der Waals surface area contributed by atoms with Crippen molar-refractivity contribution in [2.24, 2.45) is 5.92 Å². The number of carbonyl (C=O) groups is 1. The summed E-state index contributed by atoms with van der Waals surface area (Å²) in [5, 5.41) is 12.3. The van der Waals surface area contributed by atoms with E-state index in [9.17, 15) is 13.6 Å². The lowest BCUT2D eigenvalue weighted by molar-refractivity contribution is -0.150. The number of fused-ring (bicyclic) bond motifs is 1. The third kappa shape index (κ3) is 5.60. The minimum Gasteiger partial charge on any atom is -0.480 e. The SMILES string of the molecule is COCC(F)(F)c1cccc([C@@H](C)Nc2nnc(C)c3nc(OC)c(N4CCN(C(=O)C5COC5)CC4)cc23)c1F. The number of alkyl halides is 2. The number of nitrogens with one attached hydrogen (secondary N) is 1. The van der Waals surface area contributed by atoms with Gasteiger partial charge in [-0.25, -0.2) is 9.37 Å². The zero-order valence-corrected chi connectivity index (χ0v) is 23.4. The number of amides is 1. The van der Waals surface area contributed by atoms with Gasteiger partial charge in [0.25, 0.3) is 5.92 Å². The maximum absolute atomic E-state index is 15.3. The Morgan fingerprint density at radius 3 is 2.56 bits per heavy atom. The van der Waals surface area contributed by atoms with Gasteiger partial charge in [-0.15, -0.1) is 5.10 Å². The Hall–Kier alpha value is -3.71. The summed E-state index contributed by atoms with van der Waals surface area (Å²) >= 11 is 0. The van der Waals surface area contributed by atoms with Crippen LogP contribution in [0.3, 0.4) is 0 Å². The molecule has 0 saturated carbocycles. The Bertz CT molecular complexity index is 1430. The molecule has 13 heteroatoms. The van der Waals surface area contributed by atoms with E-state index in [1.54, 1.807) is 13.8 Å². The van der Waals surface area contributed by atoms with Gasteiger partial charge in [0.2, 0.25) is 11.8 Å². The lowest BCUT2D eigenvalue weighted by Gasteiger charge is -2.39. The summed E-state index contributed by atoms with van der Waals surface area (Å²) in [4.78, 5) is 21.3. The summed E-state index contributed by atoms with van der Waals surface area (Å²) in [5.41, 5.74) is 1.13. The highest BCUT2D eigenvalue weighted by Crippen LogP contribution is 2.37. The molecule has 2 fully saturated rings. The number of pyridine rings is 1. The fourth-order valence-corrected chi connectivity index (χ4v) is 5.16. The van der Waals surface area contributed by atoms with Crippen LogP contribution in [-0.2, 0) is 20.2 Å². The van der Waals surface area contributed by atoms with Gasteiger partial charge in [0.15, 0.2) is 5.82 Å². The first-order valence-electron chi connectivity index (χ1n) is 13.4. The quantitative estimate of drug-likeness (QED) is 0.410. The van der Waals surface area contributed by atoms with Crippen LogP contribution in [0.2, 0.25) is 0 Å². The number of methoxy groups -OCH3 is 2. The molecule has 5 rings (SSSR count). The number of halogens is 3. The second-order valence-corrected chi connectivity index (χ2v) is 10.3. The van der Waals surface area contributed by atoms with E-state index >= 15 is 4.39 Å². The first kappa shape index (κ1) is 28.8. The van der Waals surface area contributed by atoms with Crippen LogP contribution in [0.1, 0.15) is 29.8 Å². The van der Waals surface area contributed by atoms with E-state index in [4.69, 9.17) is 14.5 Å². The Balaban J connectivity index is 1.43. The van der Waals surface area contributed by atoms with Gasteiger partial charge in [0, 0.05) is 44.2 Å². The molecule has 10 nitrogen and oxygen atoms in total. The molecule has 4 heterocycles. The smallest absolute Gasteiger partial charge is 0.298 e. The summed E-state index contributed by atoms with van der Waals surface area (Å²) in [7, 11) is 2.68. The Labute approximate surface area is 235 Å². The van der Waals surface area contributed by atoms with Gasteiger partial charge in [0.1, 0.15) is 23.6 Å². The minimum absolute atomic E-state index is 0.0492. The van der Waals surface area contributed by atoms with Crippen molar-refractivity contribution in [1.82, 2.24) is 20.1 Å². The number of aromatic nitrogens is 3. The van der Waals surface area contributed by atoms with Crippen molar-refractivity contribution in [2.45, 2.75) is 25.8 Å². The number of anilines is 2. The van der Waals surface area contributed by atoms with E-state index in [1.807, 2.05) is 11.0 Å². The zero-order valence-electron chi connectivity index (χ0n) is 23.4. The van der Waals surface area contributed by atoms with E-state index in [1.165, 1.54) is 19.2 Å². The van der Waals surface area contributed by atoms with Crippen molar-refractivity contribution >= 4 is 28.3 Å². The van der Waals surface area contributed by atoms with Gasteiger partial charge in [-0.2, -0.15) is 13.9 Å². The fraction of sp³-hybridized carbons (Fsp3) is 0.500. The monoisotopic (exact) mass is 574 g/mol. The molecule has 41 heavy (non-hydrogen) atoms. The molecule has 220 valence electrons. The van der Waals surface area contributed by atoms with Crippen LogP contribution in [-0.4, -0.2) is 86.2 Å². The van der Waals surface area contributed by atoms with Crippen LogP contribution in [0.15, 0.2) is 24.3 Å². The van der Waals surface area contributed by atoms with Crippen LogP contribution < -0.4 is 15.0 Å². The molecule has 0 radical (unpaired) electrons. The molecule has 0 unspecified atom stereocenters. The summed E-state index contributed by atoms with van der Waals surface area (Å²) in [6, 6.07) is 5.05. The molecule has 1 aromatic carbocycles. The van der Waals surface area contributed by atoms with E-state index in [-0.39, 0.29) is 17.4 Å². The highest BCUT2D eigenvalue weighted by Gasteiger charge is 2.36. The molecular weight excluding hydrogens is 541 g/mol. The van der Waals surface area contributed by atoms with E-state index in [0.717, 1.165) is 18.9 Å². The molecule has 0 spiro atoms. The summed E-state index contributed by atoms with van der Waals surface area (Å²) < 4.78 is 59.7. The number of rotatable bonds is 9. The van der Waals surface area contributed by atoms with Crippen molar-refractivity contribution in [3.05, 3.63) is 46.9 Å². The van der Waals surface area contributed by atoms with Crippen molar-refractivity contribution in [3.63, 3.8) is 0 Å². The largest absolute Gasteiger partial charge is 0.480 e. The number of aryl methyl sites for hydroxylation is 1. The van der Waals surface area contributed by atoms with E-state index in [0.29, 0.717) is 67.7 Å². The lowest BCUT2D eigenvalue weighted by Crippen LogP contribution is -2.53. The summed E-state index contributed by atoms with van der Waals surface area (Å²) in [5.74, 6) is -3.73. The third-order valence-corrected chi connectivity index (χ3v) is 7.55. The maximum atomic E-state index is 15.3. The van der Waals surface area contributed by atoms with Crippen LogP contribution in [0, 0.1) is 18.7 Å². The number of nitrogens with zero attached hydrogens (tertiary/aromatic N) is 5. The van der Waals surface area contributed by atoms with E-state index < -0.39 is 30.0 Å². The predicted molar refractivity (Wildman–Crippen MR) is 146 cm³/mol. The minimum atomic E-state index is -3.49. The van der Waals surface area contributed by atoms with Gasteiger partial charge in [-0.05, 0) is 26.0 Å². The third-order valence-electron chi connectivity index (χ3n) is 7.55. The molecule has 0 bridgehead atoms. The maximum Gasteiger partial charge on any atom is 0.298 e. The van der Waals surface area contributed by atoms with Gasteiger partial charge in [0.05, 0.1) is 43.5 Å². The molecule has 1 atom stereocenters. The highest BCUT2D eigenvalue weighted by molar-refractivity contribution is 5.94. The molecule has 2 saturated heterocycles. The Morgan fingerprint density at radius 2 is 1.93 bits per heavy atom. The second-order valence-electron chi connectivity index (χ2n) is 10.3. The number of ether oxygens (including phenoxy) is 3. The molecule has 1 amide bonds. The highest BCUT2D eigenvalue weighted by atomic mass is 19.3. The van der Waals surface area contributed by atoms with Crippen LogP contribution in [0.25, 0.3) is 10.9 Å². The molecular formula is C28H33F3N6O4. The van der Waals surface area contributed by atoms with Crippen molar-refractivity contribution < 1.29 is 32.2 Å². The number of hydrogen-bond donors (Lipinski definition) is 1. The van der Waals surface area contributed by atoms with Gasteiger partial charge in [-0.3, -0.25) is 4.79 Å². The van der Waals surface area contributed by atoms with Crippen LogP contribution in [0.5, 0.6) is 5.88 Å². The predicted octanol–water partition coefficient (Wildman–Crippen LogP) is 3.69. The first-order chi connectivity index (χ1) is 19.6. The zero-order chi connectivity index (χ0) is 29.3. The molecule has 3 aromatic rings. The van der Waals surface area contributed by atoms with Crippen molar-refractivity contribution in [2.75, 3.05) is 70.4 Å². The van der Waals surface area contributed by atoms with E-state index in [2.05, 4.69) is 25.2 Å². The van der Waals surface area contributed by atoms with Crippen molar-refractivity contribution in [3.8, 4) is 5.88 Å². The van der Waals surface area contributed by atoms with Crippen LogP contribution >= 0.6 is 0 Å². The molecule has 2 aliphatic heterocycles. The summed E-state index contributed by atoms with van der Waals surface area (Å²) in [6.07, 6.45) is 0. The van der Waals surface area contributed by atoms with Gasteiger partial charge < -0.3 is 29.3 Å². The standard InChI is InChI=1S/C28H33F3N6O4/c1-16(19-6-5-7-21(23(19)29)28(30,31)15-39-3)32-25-20-12-22(26(40-4)33-24(20)17(2)34-35-25)36-8-10-37(11-9-36)27(38)18-13-41-14-18/h5-7,12,16,18H,8-11,13-15H2,1-4H3,(H,32,35)/t16-/m1/s1. The Morgan fingerprint density at radius 1 is 1.20 bits per heavy atom. The van der Waals surface area contributed by atoms with Gasteiger partial charge >= 0.3 is 0 Å². The average molecular weight is 575 g/mol. The van der Waals surface area contributed by atoms with Gasteiger partial charge in [-0.1, -0.05) is 12.1 Å². The topological polar surface area (TPSA) is 102 Å². The fourth-order valence-electron chi connectivity index (χ4n) is 5.16. The molecule has 2 aliphatic rings. The average Bonchev–Trinajstić information content (AvgIpc) is 2.93. The lowest BCUT2D eigenvalue weighted by atomic mass is 10.00. The number of hydrogen-bond acceptors (Lipinski definition) is 9. The summed E-state index contributed by atoms with van der Waals surface area (Å²) in [6.45, 7) is 5.69. The normalized spacial score (nSPS) is 17.0. The Kier molecular flexibility index (Phi) is 8.18. The number of benzene rings is 1. The molecule has 0 aliphatic carbocycles. The molecule has 2 aromatic heterocycles. The second kappa shape index (κ2) is 11.6. The van der Waals surface area contributed by atoms with Crippen molar-refractivity contribution in [1.29, 1.82) is 0 Å². The van der Waals surface area contributed by atoms with Crippen LogP contribution in [0.4, 0.5) is 24.7 Å². The first-order valence-corrected chi connectivity index (χ1v) is 13.4.